The van der Waals surface area contributed by atoms with Gasteiger partial charge in [-0.15, -0.1) is 0 Å². The van der Waals surface area contributed by atoms with Crippen LogP contribution >= 0.6 is 34.8 Å². The standard InChI is InChI=1S/C28H25Cl3N4O2S/c1-34(2)25-7-3-6-23-22(25)5-4-8-28(23)38(36,37)32-17-21-16-27(18-9-11-19(29)12-10-18)35(33-21)26-14-13-20(30)15-24(26)31/h3-15,27,32H,16-17H2,1-2H3. The highest BCUT2D eigenvalue weighted by atomic mass is 35.5. The van der Waals surface area contributed by atoms with Crippen LogP contribution in [0, 0.1) is 0 Å². The first-order valence-electron chi connectivity index (χ1n) is 11.9. The number of rotatable bonds is 7. The van der Waals surface area contributed by atoms with Crippen LogP contribution in [0.1, 0.15) is 18.0 Å². The number of halogens is 3. The summed E-state index contributed by atoms with van der Waals surface area (Å²) in [5, 5.41) is 9.72. The number of anilines is 2. The second-order valence-corrected chi connectivity index (χ2v) is 12.2. The van der Waals surface area contributed by atoms with E-state index in [-0.39, 0.29) is 17.5 Å². The van der Waals surface area contributed by atoms with Gasteiger partial charge in [0.25, 0.3) is 0 Å². The molecule has 0 fully saturated rings. The van der Waals surface area contributed by atoms with Crippen LogP contribution in [0.4, 0.5) is 11.4 Å². The highest BCUT2D eigenvalue weighted by Crippen LogP contribution is 2.40. The van der Waals surface area contributed by atoms with Crippen molar-refractivity contribution in [1.29, 1.82) is 0 Å². The van der Waals surface area contributed by atoms with E-state index in [2.05, 4.69) is 4.72 Å². The molecule has 38 heavy (non-hydrogen) atoms. The molecule has 0 saturated heterocycles. The molecule has 0 radical (unpaired) electrons. The Morgan fingerprint density at radius 2 is 1.61 bits per heavy atom. The van der Waals surface area contributed by atoms with Gasteiger partial charge in [-0.25, -0.2) is 13.1 Å². The molecular formula is C28H25Cl3N4O2S. The van der Waals surface area contributed by atoms with Gasteiger partial charge in [-0.1, -0.05) is 71.2 Å². The topological polar surface area (TPSA) is 65.0 Å². The van der Waals surface area contributed by atoms with Crippen molar-refractivity contribution in [3.05, 3.63) is 99.5 Å². The summed E-state index contributed by atoms with van der Waals surface area (Å²) in [6.07, 6.45) is 0.503. The second-order valence-electron chi connectivity index (χ2n) is 9.23. The molecule has 1 unspecified atom stereocenters. The largest absolute Gasteiger partial charge is 0.377 e. The van der Waals surface area contributed by atoms with Crippen LogP contribution < -0.4 is 14.6 Å². The molecule has 6 nitrogen and oxygen atoms in total. The molecule has 0 aliphatic carbocycles. The lowest BCUT2D eigenvalue weighted by atomic mass is 10.0. The molecule has 0 bridgehead atoms. The van der Waals surface area contributed by atoms with Crippen molar-refractivity contribution in [2.45, 2.75) is 17.4 Å². The molecule has 0 saturated carbocycles. The van der Waals surface area contributed by atoms with Gasteiger partial charge in [0.1, 0.15) is 0 Å². The molecule has 4 aromatic carbocycles. The fourth-order valence-corrected chi connectivity index (χ4v) is 6.52. The predicted molar refractivity (Wildman–Crippen MR) is 159 cm³/mol. The Labute approximate surface area is 237 Å². The SMILES string of the molecule is CN(C)c1cccc2c(S(=O)(=O)NCC3=NN(c4ccc(Cl)cc4Cl)C(c4ccc(Cl)cc4)C3)cccc12. The van der Waals surface area contributed by atoms with Gasteiger partial charge in [0.15, 0.2) is 0 Å². The first-order valence-corrected chi connectivity index (χ1v) is 14.5. The number of hydrazone groups is 1. The van der Waals surface area contributed by atoms with E-state index in [1.165, 1.54) is 0 Å². The van der Waals surface area contributed by atoms with Crippen LogP contribution in [0.15, 0.2) is 88.9 Å². The normalized spacial score (nSPS) is 15.7. The molecule has 1 aliphatic heterocycles. The van der Waals surface area contributed by atoms with E-state index in [4.69, 9.17) is 39.9 Å². The van der Waals surface area contributed by atoms with Crippen LogP contribution in [-0.4, -0.2) is 34.8 Å². The summed E-state index contributed by atoms with van der Waals surface area (Å²) in [7, 11) is 0.0363. The van der Waals surface area contributed by atoms with Gasteiger partial charge in [0.05, 0.1) is 33.9 Å². The zero-order chi connectivity index (χ0) is 27.0. The van der Waals surface area contributed by atoms with Gasteiger partial charge >= 0.3 is 0 Å². The van der Waals surface area contributed by atoms with Gasteiger partial charge in [-0.2, -0.15) is 5.10 Å². The van der Waals surface area contributed by atoms with Gasteiger partial charge < -0.3 is 4.90 Å². The summed E-state index contributed by atoms with van der Waals surface area (Å²) in [5.74, 6) is 0. The lowest BCUT2D eigenvalue weighted by Gasteiger charge is -2.25. The van der Waals surface area contributed by atoms with Crippen molar-refractivity contribution in [3.8, 4) is 0 Å². The van der Waals surface area contributed by atoms with E-state index in [1.54, 1.807) is 24.3 Å². The molecule has 0 spiro atoms. The summed E-state index contributed by atoms with van der Waals surface area (Å²) in [4.78, 5) is 2.19. The zero-order valence-corrected chi connectivity index (χ0v) is 23.8. The second kappa shape index (κ2) is 10.8. The monoisotopic (exact) mass is 586 g/mol. The molecule has 1 atom stereocenters. The number of benzene rings is 4. The van der Waals surface area contributed by atoms with Crippen LogP contribution in [0.25, 0.3) is 10.8 Å². The molecular weight excluding hydrogens is 563 g/mol. The number of nitrogens with one attached hydrogen (secondary N) is 1. The zero-order valence-electron chi connectivity index (χ0n) is 20.7. The average Bonchev–Trinajstić information content (AvgIpc) is 3.31. The lowest BCUT2D eigenvalue weighted by molar-refractivity contribution is 0.587. The lowest BCUT2D eigenvalue weighted by Crippen LogP contribution is -2.29. The Hall–Kier alpha value is -2.81. The van der Waals surface area contributed by atoms with Crippen molar-refractivity contribution in [3.63, 3.8) is 0 Å². The van der Waals surface area contributed by atoms with E-state index < -0.39 is 10.0 Å². The van der Waals surface area contributed by atoms with Crippen molar-refractivity contribution in [1.82, 2.24) is 4.72 Å². The van der Waals surface area contributed by atoms with E-state index >= 15 is 0 Å². The molecule has 5 rings (SSSR count). The summed E-state index contributed by atoms with van der Waals surface area (Å²) in [5.41, 5.74) is 3.28. The van der Waals surface area contributed by atoms with Gasteiger partial charge in [0, 0.05) is 47.0 Å². The van der Waals surface area contributed by atoms with Crippen molar-refractivity contribution < 1.29 is 8.42 Å². The molecule has 10 heteroatoms. The Morgan fingerprint density at radius 1 is 0.921 bits per heavy atom. The maximum Gasteiger partial charge on any atom is 0.241 e. The fraction of sp³-hybridized carbons (Fsp3) is 0.179. The Kier molecular flexibility index (Phi) is 7.58. The van der Waals surface area contributed by atoms with Crippen molar-refractivity contribution in [2.75, 3.05) is 30.5 Å². The summed E-state index contributed by atoms with van der Waals surface area (Å²) >= 11 is 18.8. The van der Waals surface area contributed by atoms with Crippen molar-refractivity contribution in [2.24, 2.45) is 5.10 Å². The highest BCUT2D eigenvalue weighted by Gasteiger charge is 2.31. The van der Waals surface area contributed by atoms with Gasteiger partial charge in [-0.05, 0) is 48.0 Å². The van der Waals surface area contributed by atoms with Crippen LogP contribution in [-0.2, 0) is 10.0 Å². The third kappa shape index (κ3) is 5.35. The molecule has 0 amide bonds. The Bertz CT molecular complexity index is 1640. The third-order valence-electron chi connectivity index (χ3n) is 6.48. The maximum atomic E-state index is 13.5. The Morgan fingerprint density at radius 3 is 2.32 bits per heavy atom. The molecule has 0 aromatic heterocycles. The molecule has 1 heterocycles. The number of hydrogen-bond acceptors (Lipinski definition) is 5. The minimum Gasteiger partial charge on any atom is -0.377 e. The van der Waals surface area contributed by atoms with E-state index in [0.29, 0.717) is 38.3 Å². The predicted octanol–water partition coefficient (Wildman–Crippen LogP) is 7.15. The summed E-state index contributed by atoms with van der Waals surface area (Å²) in [6, 6.07) is 23.5. The minimum atomic E-state index is -3.83. The van der Waals surface area contributed by atoms with Gasteiger partial charge in [-0.3, -0.25) is 5.01 Å². The molecule has 1 N–H and O–H groups in total. The first kappa shape index (κ1) is 26.8. The van der Waals surface area contributed by atoms with E-state index in [0.717, 1.165) is 16.6 Å². The first-order chi connectivity index (χ1) is 18.1. The highest BCUT2D eigenvalue weighted by molar-refractivity contribution is 7.89. The summed E-state index contributed by atoms with van der Waals surface area (Å²) in [6.45, 7) is 0.0535. The number of sulfonamides is 1. The Balaban J connectivity index is 1.45. The van der Waals surface area contributed by atoms with Gasteiger partial charge in [0.2, 0.25) is 10.0 Å². The average molecular weight is 588 g/mol. The van der Waals surface area contributed by atoms with Crippen LogP contribution in [0.2, 0.25) is 15.1 Å². The molecule has 4 aromatic rings. The van der Waals surface area contributed by atoms with Crippen LogP contribution in [0.3, 0.4) is 0 Å². The molecule has 1 aliphatic rings. The van der Waals surface area contributed by atoms with Crippen LogP contribution in [0.5, 0.6) is 0 Å². The fourth-order valence-electron chi connectivity index (χ4n) is 4.66. The molecule has 196 valence electrons. The van der Waals surface area contributed by atoms with Crippen molar-refractivity contribution >= 4 is 72.7 Å². The number of hydrogen-bond donors (Lipinski definition) is 1. The third-order valence-corrected chi connectivity index (χ3v) is 8.73. The quantitative estimate of drug-likeness (QED) is 0.249. The van der Waals surface area contributed by atoms with E-state index in [9.17, 15) is 8.42 Å². The maximum absolute atomic E-state index is 13.5. The minimum absolute atomic E-state index is 0.0535. The smallest absolute Gasteiger partial charge is 0.241 e. The van der Waals surface area contributed by atoms with E-state index in [1.807, 2.05) is 78.6 Å². The number of fused-ring (bicyclic) bond motifs is 1. The number of nitrogens with zero attached hydrogens (tertiary/aromatic N) is 3. The summed E-state index contributed by atoms with van der Waals surface area (Å²) < 4.78 is 29.7.